The van der Waals surface area contributed by atoms with Crippen molar-refractivity contribution >= 4 is 54.5 Å². The van der Waals surface area contributed by atoms with Crippen LogP contribution in [0.4, 0.5) is 0 Å². The molecule has 11 rings (SSSR count). The van der Waals surface area contributed by atoms with Gasteiger partial charge in [-0.3, -0.25) is 0 Å². The van der Waals surface area contributed by atoms with E-state index in [1.807, 2.05) is 72.8 Å². The zero-order chi connectivity index (χ0) is 35.6. The van der Waals surface area contributed by atoms with E-state index in [-0.39, 0.29) is 0 Å². The first-order chi connectivity index (χ1) is 26.7. The van der Waals surface area contributed by atoms with Gasteiger partial charge in [0, 0.05) is 32.8 Å². The van der Waals surface area contributed by atoms with Gasteiger partial charge in [-0.2, -0.15) is 4.80 Å². The highest BCUT2D eigenvalue weighted by Gasteiger charge is 2.17. The van der Waals surface area contributed by atoms with Crippen LogP contribution in [0.3, 0.4) is 0 Å². The van der Waals surface area contributed by atoms with E-state index in [4.69, 9.17) is 29.6 Å². The molecule has 0 unspecified atom stereocenters. The van der Waals surface area contributed by atoms with Crippen molar-refractivity contribution in [2.45, 2.75) is 0 Å². The first-order valence-electron chi connectivity index (χ1n) is 17.8. The van der Waals surface area contributed by atoms with Crippen LogP contribution in [0.1, 0.15) is 0 Å². The van der Waals surface area contributed by atoms with Gasteiger partial charge in [0.05, 0.1) is 5.69 Å². The highest BCUT2D eigenvalue weighted by molar-refractivity contribution is 6.18. The van der Waals surface area contributed by atoms with E-state index in [9.17, 15) is 0 Å². The number of nitrogens with zero attached hydrogens (tertiary/aromatic N) is 6. The third-order valence-corrected chi connectivity index (χ3v) is 10.1. The molecular weight excluding hydrogens is 665 g/mol. The molecule has 0 aliphatic rings. The Morgan fingerprint density at radius 2 is 0.981 bits per heavy atom. The molecule has 3 aromatic heterocycles. The average Bonchev–Trinajstić information content (AvgIpc) is 3.86. The average molecular weight is 693 g/mol. The summed E-state index contributed by atoms with van der Waals surface area (Å²) < 4.78 is 6.15. The first kappa shape index (κ1) is 30.1. The van der Waals surface area contributed by atoms with Gasteiger partial charge in [-0.05, 0) is 81.9 Å². The van der Waals surface area contributed by atoms with Crippen LogP contribution in [0.2, 0.25) is 0 Å². The topological polar surface area (TPSA) is 82.5 Å². The molecule has 8 aromatic carbocycles. The Labute approximate surface area is 308 Å². The normalized spacial score (nSPS) is 11.7. The Hall–Kier alpha value is -7.51. The molecule has 0 radical (unpaired) electrons. The van der Waals surface area contributed by atoms with Crippen molar-refractivity contribution in [1.82, 2.24) is 29.9 Å². The molecule has 0 saturated carbocycles. The van der Waals surface area contributed by atoms with E-state index < -0.39 is 0 Å². The van der Waals surface area contributed by atoms with Crippen molar-refractivity contribution in [2.75, 3.05) is 0 Å². The van der Waals surface area contributed by atoms with E-state index in [0.717, 1.165) is 88.0 Å². The van der Waals surface area contributed by atoms with Gasteiger partial charge in [0.15, 0.2) is 17.5 Å². The molecule has 0 aliphatic heterocycles. The second kappa shape index (κ2) is 12.0. The molecule has 11 aromatic rings. The van der Waals surface area contributed by atoms with E-state index in [2.05, 4.69) is 97.1 Å². The fraction of sp³-hybridized carbons (Fsp3) is 0. The molecule has 0 spiro atoms. The van der Waals surface area contributed by atoms with Crippen LogP contribution < -0.4 is 0 Å². The lowest BCUT2D eigenvalue weighted by molar-refractivity contribution is 0.669. The van der Waals surface area contributed by atoms with Crippen molar-refractivity contribution in [3.8, 4) is 51.0 Å². The maximum Gasteiger partial charge on any atom is 0.164 e. The van der Waals surface area contributed by atoms with E-state index >= 15 is 0 Å². The fourth-order valence-electron chi connectivity index (χ4n) is 7.43. The van der Waals surface area contributed by atoms with Crippen LogP contribution in [-0.2, 0) is 0 Å². The molecule has 54 heavy (non-hydrogen) atoms. The number of para-hydroxylation sites is 2. The van der Waals surface area contributed by atoms with Gasteiger partial charge in [0.1, 0.15) is 22.2 Å². The molecule has 7 heteroatoms. The van der Waals surface area contributed by atoms with Crippen LogP contribution in [0, 0.1) is 0 Å². The summed E-state index contributed by atoms with van der Waals surface area (Å²) in [6, 6.07) is 57.8. The second-order valence-electron chi connectivity index (χ2n) is 13.4. The lowest BCUT2D eigenvalue weighted by Crippen LogP contribution is -2.00. The molecule has 0 amide bonds. The smallest absolute Gasteiger partial charge is 0.164 e. The Balaban J connectivity index is 1.12. The summed E-state index contributed by atoms with van der Waals surface area (Å²) in [5.41, 5.74) is 9.12. The third kappa shape index (κ3) is 5.02. The minimum Gasteiger partial charge on any atom is -0.456 e. The fourth-order valence-corrected chi connectivity index (χ4v) is 7.43. The van der Waals surface area contributed by atoms with Crippen LogP contribution in [0.25, 0.3) is 105 Å². The van der Waals surface area contributed by atoms with Crippen molar-refractivity contribution in [3.63, 3.8) is 0 Å². The van der Waals surface area contributed by atoms with Crippen LogP contribution >= 0.6 is 0 Å². The van der Waals surface area contributed by atoms with Gasteiger partial charge in [0.25, 0.3) is 0 Å². The number of hydrogen-bond acceptors (Lipinski definition) is 6. The molecule has 0 N–H and O–H groups in total. The lowest BCUT2D eigenvalue weighted by atomic mass is 9.98. The quantitative estimate of drug-likeness (QED) is 0.167. The Kier molecular flexibility index (Phi) is 6.72. The highest BCUT2D eigenvalue weighted by Crippen LogP contribution is 2.36. The van der Waals surface area contributed by atoms with Crippen molar-refractivity contribution < 1.29 is 4.42 Å². The number of aromatic nitrogens is 6. The predicted octanol–water partition coefficient (Wildman–Crippen LogP) is 11.5. The summed E-state index contributed by atoms with van der Waals surface area (Å²) in [7, 11) is 0. The maximum atomic E-state index is 6.15. The van der Waals surface area contributed by atoms with Gasteiger partial charge < -0.3 is 4.42 Å². The number of furan rings is 1. The van der Waals surface area contributed by atoms with Crippen molar-refractivity contribution in [3.05, 3.63) is 170 Å². The molecule has 0 saturated heterocycles. The molecule has 0 fully saturated rings. The third-order valence-electron chi connectivity index (χ3n) is 10.1. The van der Waals surface area contributed by atoms with Crippen LogP contribution in [-0.4, -0.2) is 29.9 Å². The second-order valence-corrected chi connectivity index (χ2v) is 13.4. The first-order valence-corrected chi connectivity index (χ1v) is 17.8. The summed E-state index contributed by atoms with van der Waals surface area (Å²) in [5, 5.41) is 16.2. The Bertz CT molecular complexity index is 3220. The van der Waals surface area contributed by atoms with Gasteiger partial charge in [-0.15, -0.1) is 10.2 Å². The van der Waals surface area contributed by atoms with E-state index in [1.54, 1.807) is 4.80 Å². The maximum absolute atomic E-state index is 6.15. The number of fused-ring (bicyclic) bond motifs is 8. The Morgan fingerprint density at radius 3 is 1.80 bits per heavy atom. The van der Waals surface area contributed by atoms with Crippen LogP contribution in [0.15, 0.2) is 174 Å². The minimum absolute atomic E-state index is 0.580. The molecule has 252 valence electrons. The molecule has 3 heterocycles. The number of rotatable bonds is 5. The summed E-state index contributed by atoms with van der Waals surface area (Å²) in [6.45, 7) is 0. The molecule has 0 bridgehead atoms. The van der Waals surface area contributed by atoms with E-state index in [1.165, 1.54) is 0 Å². The molecule has 0 atom stereocenters. The van der Waals surface area contributed by atoms with Crippen molar-refractivity contribution in [2.24, 2.45) is 0 Å². The summed E-state index contributed by atoms with van der Waals surface area (Å²) in [6.07, 6.45) is 0. The highest BCUT2D eigenvalue weighted by atomic mass is 16.3. The van der Waals surface area contributed by atoms with Gasteiger partial charge >= 0.3 is 0 Å². The van der Waals surface area contributed by atoms with Gasteiger partial charge in [-0.25, -0.2) is 15.0 Å². The number of hydrogen-bond donors (Lipinski definition) is 0. The summed E-state index contributed by atoms with van der Waals surface area (Å²) >= 11 is 0. The zero-order valence-electron chi connectivity index (χ0n) is 28.8. The largest absolute Gasteiger partial charge is 0.456 e. The van der Waals surface area contributed by atoms with E-state index in [0.29, 0.717) is 17.5 Å². The molecular formula is C47H28N6O. The molecule has 7 nitrogen and oxygen atoms in total. The monoisotopic (exact) mass is 692 g/mol. The lowest BCUT2D eigenvalue weighted by Gasteiger charge is -2.11. The summed E-state index contributed by atoms with van der Waals surface area (Å²) in [4.78, 5) is 17.1. The molecule has 0 aliphatic carbocycles. The van der Waals surface area contributed by atoms with Crippen LogP contribution in [0.5, 0.6) is 0 Å². The van der Waals surface area contributed by atoms with Crippen molar-refractivity contribution in [1.29, 1.82) is 0 Å². The summed E-state index contributed by atoms with van der Waals surface area (Å²) in [5.74, 6) is 1.76. The Morgan fingerprint density at radius 1 is 0.389 bits per heavy atom. The number of benzene rings is 8. The van der Waals surface area contributed by atoms with Gasteiger partial charge in [0.2, 0.25) is 0 Å². The minimum atomic E-state index is 0.580. The predicted molar refractivity (Wildman–Crippen MR) is 216 cm³/mol. The van der Waals surface area contributed by atoms with Gasteiger partial charge in [-0.1, -0.05) is 115 Å². The SMILES string of the molecule is c1ccc(-c2cccc(-c3nc(-c4ccc5oc6ccccc6c5c4)nc(-c4ccc5ccc6ccc7nn(-c8ccccc8)nc7c6c5c4)n3)c2)cc1. The standard InChI is InChI=1S/C47H28N6O/c1-3-10-29(11-4-1)32-12-9-13-33(26-32)45-48-46(50-47(49-45)35-23-25-42-39(28-35)37-16-7-8-17-41(37)54-42)34-21-19-30-18-20-31-22-24-40-44(43(31)38(30)27-34)52-53(51-40)36-14-5-2-6-15-36/h1-28H. The zero-order valence-corrected chi connectivity index (χ0v) is 28.8.